The maximum absolute atomic E-state index is 5.15. The third-order valence-electron chi connectivity index (χ3n) is 1.94. The number of aromatic amines is 1. The van der Waals surface area contributed by atoms with Crippen LogP contribution in [0.4, 0.5) is 0 Å². The first-order chi connectivity index (χ1) is 7.28. The number of aromatic nitrogens is 5. The van der Waals surface area contributed by atoms with Gasteiger partial charge in [0, 0.05) is 17.8 Å². The van der Waals surface area contributed by atoms with Crippen LogP contribution in [0.15, 0.2) is 12.1 Å². The molecule has 0 spiro atoms. The van der Waals surface area contributed by atoms with Crippen LogP contribution >= 0.6 is 0 Å². The average molecular weight is 205 g/mol. The number of ether oxygens (including phenoxy) is 1. The van der Waals surface area contributed by atoms with Gasteiger partial charge in [0.15, 0.2) is 5.82 Å². The minimum atomic E-state index is 0.550. The molecular formula is C9H11N5O. The Morgan fingerprint density at radius 1 is 1.40 bits per heavy atom. The lowest BCUT2D eigenvalue weighted by Crippen LogP contribution is -1.97. The van der Waals surface area contributed by atoms with E-state index in [1.165, 1.54) is 0 Å². The summed E-state index contributed by atoms with van der Waals surface area (Å²) >= 11 is 0. The lowest BCUT2D eigenvalue weighted by Gasteiger charge is -2.03. The molecule has 2 aromatic rings. The zero-order valence-electron chi connectivity index (χ0n) is 8.56. The molecule has 0 bridgehead atoms. The Hall–Kier alpha value is -1.98. The molecule has 2 rings (SSSR count). The van der Waals surface area contributed by atoms with Crippen LogP contribution in [-0.4, -0.2) is 32.7 Å². The summed E-state index contributed by atoms with van der Waals surface area (Å²) in [6, 6.07) is 3.74. The highest BCUT2D eigenvalue weighted by Gasteiger charge is 2.04. The molecule has 0 radical (unpaired) electrons. The summed E-state index contributed by atoms with van der Waals surface area (Å²) in [4.78, 5) is 4.36. The number of tetrazole rings is 1. The van der Waals surface area contributed by atoms with Crippen molar-refractivity contribution in [2.45, 2.75) is 13.3 Å². The SMILES string of the molecule is COc1cc(C)nc(Cc2nn[nH]n2)c1. The van der Waals surface area contributed by atoms with Crippen molar-refractivity contribution in [3.8, 4) is 5.75 Å². The highest BCUT2D eigenvalue weighted by Crippen LogP contribution is 2.14. The normalized spacial score (nSPS) is 10.3. The second kappa shape index (κ2) is 4.04. The predicted octanol–water partition coefficient (Wildman–Crippen LogP) is 0.503. The second-order valence-corrected chi connectivity index (χ2v) is 3.14. The smallest absolute Gasteiger partial charge is 0.180 e. The molecule has 0 aromatic carbocycles. The van der Waals surface area contributed by atoms with Crippen molar-refractivity contribution >= 4 is 0 Å². The van der Waals surface area contributed by atoms with Gasteiger partial charge in [0.1, 0.15) is 5.75 Å². The highest BCUT2D eigenvalue weighted by atomic mass is 16.5. The Balaban J connectivity index is 2.24. The number of pyridine rings is 1. The molecule has 2 heterocycles. The zero-order chi connectivity index (χ0) is 10.7. The van der Waals surface area contributed by atoms with Gasteiger partial charge in [0.05, 0.1) is 19.2 Å². The first-order valence-electron chi connectivity index (χ1n) is 4.52. The van der Waals surface area contributed by atoms with Gasteiger partial charge in [-0.15, -0.1) is 10.2 Å². The fourth-order valence-electron chi connectivity index (χ4n) is 1.33. The Labute approximate surface area is 86.7 Å². The zero-order valence-corrected chi connectivity index (χ0v) is 8.56. The van der Waals surface area contributed by atoms with Crippen LogP contribution in [0.1, 0.15) is 17.2 Å². The van der Waals surface area contributed by atoms with Gasteiger partial charge in [0.2, 0.25) is 0 Å². The van der Waals surface area contributed by atoms with Gasteiger partial charge < -0.3 is 4.74 Å². The summed E-state index contributed by atoms with van der Waals surface area (Å²) in [5, 5.41) is 13.6. The standard InChI is InChI=1S/C9H11N5O/c1-6-3-8(15-2)4-7(10-6)5-9-11-13-14-12-9/h3-4H,5H2,1-2H3,(H,11,12,13,14). The maximum atomic E-state index is 5.15. The minimum Gasteiger partial charge on any atom is -0.497 e. The molecular weight excluding hydrogens is 194 g/mol. The largest absolute Gasteiger partial charge is 0.497 e. The molecule has 2 aromatic heterocycles. The van der Waals surface area contributed by atoms with Crippen LogP contribution in [0.3, 0.4) is 0 Å². The number of nitrogens with zero attached hydrogens (tertiary/aromatic N) is 4. The van der Waals surface area contributed by atoms with Gasteiger partial charge in [-0.3, -0.25) is 4.98 Å². The van der Waals surface area contributed by atoms with Gasteiger partial charge in [0.25, 0.3) is 0 Å². The summed E-state index contributed by atoms with van der Waals surface area (Å²) in [7, 11) is 1.63. The number of aryl methyl sites for hydroxylation is 1. The van der Waals surface area contributed by atoms with E-state index < -0.39 is 0 Å². The molecule has 6 heteroatoms. The van der Waals surface area contributed by atoms with E-state index in [1.807, 2.05) is 19.1 Å². The van der Waals surface area contributed by atoms with E-state index in [9.17, 15) is 0 Å². The monoisotopic (exact) mass is 205 g/mol. The van der Waals surface area contributed by atoms with Crippen molar-refractivity contribution in [2.24, 2.45) is 0 Å². The first kappa shape index (κ1) is 9.57. The van der Waals surface area contributed by atoms with Gasteiger partial charge in [-0.05, 0) is 6.92 Å². The molecule has 0 saturated carbocycles. The molecule has 0 aliphatic rings. The van der Waals surface area contributed by atoms with E-state index in [0.29, 0.717) is 12.2 Å². The Bertz CT molecular complexity index is 440. The third-order valence-corrected chi connectivity index (χ3v) is 1.94. The molecule has 0 unspecified atom stereocenters. The molecule has 6 nitrogen and oxygen atoms in total. The molecule has 15 heavy (non-hydrogen) atoms. The van der Waals surface area contributed by atoms with E-state index in [0.717, 1.165) is 17.1 Å². The van der Waals surface area contributed by atoms with Crippen molar-refractivity contribution in [1.82, 2.24) is 25.6 Å². The average Bonchev–Trinajstić information content (AvgIpc) is 2.69. The lowest BCUT2D eigenvalue weighted by molar-refractivity contribution is 0.413. The van der Waals surface area contributed by atoms with E-state index >= 15 is 0 Å². The van der Waals surface area contributed by atoms with Crippen molar-refractivity contribution in [3.63, 3.8) is 0 Å². The van der Waals surface area contributed by atoms with Crippen molar-refractivity contribution in [1.29, 1.82) is 0 Å². The molecule has 0 aliphatic heterocycles. The quantitative estimate of drug-likeness (QED) is 0.789. The summed E-state index contributed by atoms with van der Waals surface area (Å²) < 4.78 is 5.15. The maximum Gasteiger partial charge on any atom is 0.180 e. The van der Waals surface area contributed by atoms with Crippen LogP contribution < -0.4 is 4.74 Å². The number of hydrogen-bond acceptors (Lipinski definition) is 5. The first-order valence-corrected chi connectivity index (χ1v) is 4.52. The predicted molar refractivity (Wildman–Crippen MR) is 52.5 cm³/mol. The molecule has 0 saturated heterocycles. The number of nitrogens with one attached hydrogen (secondary N) is 1. The summed E-state index contributed by atoms with van der Waals surface area (Å²) in [6.07, 6.45) is 0.550. The lowest BCUT2D eigenvalue weighted by atomic mass is 10.2. The van der Waals surface area contributed by atoms with Gasteiger partial charge in [-0.2, -0.15) is 5.21 Å². The Morgan fingerprint density at radius 2 is 2.27 bits per heavy atom. The molecule has 0 amide bonds. The highest BCUT2D eigenvalue weighted by molar-refractivity contribution is 5.27. The van der Waals surface area contributed by atoms with Crippen LogP contribution in [0.5, 0.6) is 5.75 Å². The van der Waals surface area contributed by atoms with E-state index in [-0.39, 0.29) is 0 Å². The van der Waals surface area contributed by atoms with Gasteiger partial charge in [-0.25, -0.2) is 0 Å². The number of H-pyrrole nitrogens is 1. The fraction of sp³-hybridized carbons (Fsp3) is 0.333. The van der Waals surface area contributed by atoms with Gasteiger partial charge in [-0.1, -0.05) is 5.21 Å². The molecule has 1 N–H and O–H groups in total. The topological polar surface area (TPSA) is 76.6 Å². The fourth-order valence-corrected chi connectivity index (χ4v) is 1.33. The van der Waals surface area contributed by atoms with E-state index in [4.69, 9.17) is 4.74 Å². The molecule has 0 aliphatic carbocycles. The van der Waals surface area contributed by atoms with Crippen molar-refractivity contribution in [3.05, 3.63) is 29.3 Å². The van der Waals surface area contributed by atoms with Gasteiger partial charge >= 0.3 is 0 Å². The minimum absolute atomic E-state index is 0.550. The van der Waals surface area contributed by atoms with Crippen molar-refractivity contribution in [2.75, 3.05) is 7.11 Å². The summed E-state index contributed by atoms with van der Waals surface area (Å²) in [5.74, 6) is 1.41. The number of methoxy groups -OCH3 is 1. The molecule has 0 fully saturated rings. The van der Waals surface area contributed by atoms with E-state index in [1.54, 1.807) is 7.11 Å². The third kappa shape index (κ3) is 2.28. The van der Waals surface area contributed by atoms with Crippen LogP contribution in [0.2, 0.25) is 0 Å². The van der Waals surface area contributed by atoms with Crippen LogP contribution in [-0.2, 0) is 6.42 Å². The van der Waals surface area contributed by atoms with Crippen LogP contribution in [0.25, 0.3) is 0 Å². The molecule has 0 atom stereocenters. The Morgan fingerprint density at radius 3 is 2.93 bits per heavy atom. The summed E-state index contributed by atoms with van der Waals surface area (Å²) in [6.45, 7) is 1.92. The van der Waals surface area contributed by atoms with Crippen molar-refractivity contribution < 1.29 is 4.74 Å². The Kier molecular flexibility index (Phi) is 2.57. The summed E-state index contributed by atoms with van der Waals surface area (Å²) in [5.41, 5.74) is 1.78. The number of rotatable bonds is 3. The second-order valence-electron chi connectivity index (χ2n) is 3.14. The molecule has 78 valence electrons. The number of hydrogen-bond donors (Lipinski definition) is 1. The van der Waals surface area contributed by atoms with E-state index in [2.05, 4.69) is 25.6 Å². The van der Waals surface area contributed by atoms with Crippen LogP contribution in [0, 0.1) is 6.92 Å².